The van der Waals surface area contributed by atoms with Crippen LogP contribution in [0.15, 0.2) is 107 Å². The van der Waals surface area contributed by atoms with Gasteiger partial charge in [0.25, 0.3) is 15.9 Å². The number of nitrogens with zero attached hydrogens (tertiary/aromatic N) is 4. The number of fused-ring (bicyclic) bond motifs is 1. The molecule has 0 spiro atoms. The molecule has 1 N–H and O–H groups in total. The van der Waals surface area contributed by atoms with Gasteiger partial charge in [0.2, 0.25) is 0 Å². The van der Waals surface area contributed by atoms with E-state index in [9.17, 15) is 13.2 Å². The van der Waals surface area contributed by atoms with Crippen molar-refractivity contribution in [1.29, 1.82) is 0 Å². The molecule has 11 heteroatoms. The second kappa shape index (κ2) is 10.1. The number of hydrogen-bond donors (Lipinski definition) is 1. The van der Waals surface area contributed by atoms with Gasteiger partial charge < -0.3 is 4.57 Å². The standard InChI is InChI=1S/C26H17Cl2N5O3S/c27-18-7-5-17(6-8-18)26(34)29-20-13-15-33(16-14-20)25-24(30-22-3-1-2-4-23(22)31-25)32-37(35,36)21-11-9-19(28)10-12-21/h1-16H,(H,30,32). The molecule has 0 aliphatic rings. The first-order chi connectivity index (χ1) is 17.8. The fourth-order valence-electron chi connectivity index (χ4n) is 3.45. The van der Waals surface area contributed by atoms with E-state index >= 15 is 0 Å². The van der Waals surface area contributed by atoms with Crippen LogP contribution in [0.2, 0.25) is 10.0 Å². The van der Waals surface area contributed by atoms with Crippen molar-refractivity contribution in [2.45, 2.75) is 4.90 Å². The molecule has 0 saturated carbocycles. The molecule has 8 nitrogen and oxygen atoms in total. The van der Waals surface area contributed by atoms with Crippen molar-refractivity contribution >= 4 is 56.0 Å². The van der Waals surface area contributed by atoms with Gasteiger partial charge in [-0.15, -0.1) is 0 Å². The molecular weight excluding hydrogens is 533 g/mol. The second-order valence-electron chi connectivity index (χ2n) is 7.83. The average molecular weight is 550 g/mol. The highest BCUT2D eigenvalue weighted by atomic mass is 35.5. The number of pyridine rings is 1. The van der Waals surface area contributed by atoms with Gasteiger partial charge in [0.1, 0.15) is 0 Å². The lowest BCUT2D eigenvalue weighted by molar-refractivity contribution is 0.0998. The van der Waals surface area contributed by atoms with Crippen LogP contribution >= 0.6 is 23.2 Å². The zero-order chi connectivity index (χ0) is 26.0. The van der Waals surface area contributed by atoms with Crippen LogP contribution in [0.5, 0.6) is 0 Å². The van der Waals surface area contributed by atoms with E-state index in [1.807, 2.05) is 6.07 Å². The van der Waals surface area contributed by atoms with Gasteiger partial charge >= 0.3 is 0 Å². The number of amides is 1. The van der Waals surface area contributed by atoms with Gasteiger partial charge in [-0.05, 0) is 72.8 Å². The van der Waals surface area contributed by atoms with E-state index in [-0.39, 0.29) is 16.5 Å². The molecule has 184 valence electrons. The van der Waals surface area contributed by atoms with Crippen molar-refractivity contribution in [2.75, 3.05) is 4.72 Å². The van der Waals surface area contributed by atoms with Crippen molar-refractivity contribution in [2.24, 2.45) is 4.99 Å². The summed E-state index contributed by atoms with van der Waals surface area (Å²) in [5, 5.41) is 1.35. The summed E-state index contributed by atoms with van der Waals surface area (Å²) >= 11 is 11.8. The van der Waals surface area contributed by atoms with E-state index in [0.29, 0.717) is 32.0 Å². The molecule has 0 aliphatic carbocycles. The Morgan fingerprint density at radius 2 is 1.35 bits per heavy atom. The third-order valence-electron chi connectivity index (χ3n) is 5.29. The van der Waals surface area contributed by atoms with Crippen LogP contribution in [0, 0.1) is 0 Å². The number of benzene rings is 3. The first-order valence-corrected chi connectivity index (χ1v) is 13.1. The van der Waals surface area contributed by atoms with Crippen LogP contribution in [0.1, 0.15) is 10.4 Å². The van der Waals surface area contributed by atoms with Crippen molar-refractivity contribution in [1.82, 2.24) is 14.5 Å². The quantitative estimate of drug-likeness (QED) is 0.321. The predicted octanol–water partition coefficient (Wildman–Crippen LogP) is 5.27. The van der Waals surface area contributed by atoms with E-state index in [4.69, 9.17) is 23.2 Å². The van der Waals surface area contributed by atoms with Crippen LogP contribution in [-0.2, 0) is 10.0 Å². The first-order valence-electron chi connectivity index (χ1n) is 10.9. The summed E-state index contributed by atoms with van der Waals surface area (Å²) in [5.74, 6) is -0.149. The molecule has 37 heavy (non-hydrogen) atoms. The fourth-order valence-corrected chi connectivity index (χ4v) is 4.70. The Morgan fingerprint density at radius 3 is 1.97 bits per heavy atom. The molecule has 1 amide bonds. The molecule has 2 aromatic heterocycles. The van der Waals surface area contributed by atoms with E-state index < -0.39 is 15.9 Å². The topological polar surface area (TPSA) is 106 Å². The van der Waals surface area contributed by atoms with Crippen LogP contribution in [0.3, 0.4) is 0 Å². The van der Waals surface area contributed by atoms with Gasteiger partial charge in [0.15, 0.2) is 11.6 Å². The SMILES string of the molecule is O=C(N=c1ccn(-c2nc3ccccc3nc2NS(=O)(=O)c2ccc(Cl)cc2)cc1)c1ccc(Cl)cc1. The lowest BCUT2D eigenvalue weighted by atomic mass is 10.2. The summed E-state index contributed by atoms with van der Waals surface area (Å²) in [6.45, 7) is 0. The third-order valence-corrected chi connectivity index (χ3v) is 7.14. The molecule has 2 heterocycles. The zero-order valence-electron chi connectivity index (χ0n) is 18.9. The minimum atomic E-state index is -3.98. The summed E-state index contributed by atoms with van der Waals surface area (Å²) in [4.78, 5) is 25.7. The van der Waals surface area contributed by atoms with Gasteiger partial charge in [0, 0.05) is 28.0 Å². The fraction of sp³-hybridized carbons (Fsp3) is 0. The number of rotatable bonds is 5. The van der Waals surface area contributed by atoms with E-state index in [2.05, 4.69) is 19.7 Å². The highest BCUT2D eigenvalue weighted by molar-refractivity contribution is 7.92. The summed E-state index contributed by atoms with van der Waals surface area (Å²) in [6, 6.07) is 22.6. The van der Waals surface area contributed by atoms with Gasteiger partial charge in [-0.3, -0.25) is 9.52 Å². The predicted molar refractivity (Wildman–Crippen MR) is 142 cm³/mol. The van der Waals surface area contributed by atoms with Crippen LogP contribution in [0.25, 0.3) is 16.9 Å². The number of carbonyl (C=O) groups excluding carboxylic acids is 1. The number of carbonyl (C=O) groups is 1. The van der Waals surface area contributed by atoms with Gasteiger partial charge in [-0.1, -0.05) is 35.3 Å². The molecule has 5 rings (SSSR count). The normalized spacial score (nSPS) is 11.3. The molecule has 0 radical (unpaired) electrons. The van der Waals surface area contributed by atoms with Crippen molar-refractivity contribution in [3.63, 3.8) is 0 Å². The molecule has 0 bridgehead atoms. The highest BCUT2D eigenvalue weighted by Crippen LogP contribution is 2.24. The largest absolute Gasteiger partial charge is 0.305 e. The van der Waals surface area contributed by atoms with Crippen LogP contribution < -0.4 is 10.1 Å². The Morgan fingerprint density at radius 1 is 0.784 bits per heavy atom. The Balaban J connectivity index is 1.53. The summed E-state index contributed by atoms with van der Waals surface area (Å²) in [7, 11) is -3.98. The number of halogens is 2. The summed E-state index contributed by atoms with van der Waals surface area (Å²) in [6.07, 6.45) is 3.24. The molecule has 0 atom stereocenters. The number of anilines is 1. The smallest absolute Gasteiger partial charge is 0.277 e. The van der Waals surface area contributed by atoms with Gasteiger partial charge in [-0.25, -0.2) is 23.4 Å². The van der Waals surface area contributed by atoms with Gasteiger partial charge in [0.05, 0.1) is 21.3 Å². The molecule has 3 aromatic carbocycles. The summed E-state index contributed by atoms with van der Waals surface area (Å²) < 4.78 is 30.3. The lowest BCUT2D eigenvalue weighted by Crippen LogP contribution is -2.17. The molecule has 0 fully saturated rings. The number of para-hydroxylation sites is 2. The third kappa shape index (κ3) is 5.54. The molecule has 0 unspecified atom stereocenters. The Labute approximate surface area is 221 Å². The average Bonchev–Trinajstić information content (AvgIpc) is 2.89. The molecule has 5 aromatic rings. The molecule has 0 saturated heterocycles. The molecular formula is C26H17Cl2N5O3S. The van der Waals surface area contributed by atoms with Crippen molar-refractivity contribution in [3.8, 4) is 5.82 Å². The summed E-state index contributed by atoms with van der Waals surface area (Å²) in [5.41, 5.74) is 1.49. The maximum Gasteiger partial charge on any atom is 0.277 e. The minimum absolute atomic E-state index is 0.0256. The van der Waals surface area contributed by atoms with E-state index in [1.165, 1.54) is 24.3 Å². The number of sulfonamides is 1. The van der Waals surface area contributed by atoms with Crippen LogP contribution in [-0.4, -0.2) is 28.9 Å². The second-order valence-corrected chi connectivity index (χ2v) is 10.4. The van der Waals surface area contributed by atoms with Crippen molar-refractivity contribution < 1.29 is 13.2 Å². The Kier molecular flexibility index (Phi) is 6.75. The number of nitrogens with one attached hydrogen (secondary N) is 1. The van der Waals surface area contributed by atoms with E-state index in [1.54, 1.807) is 71.6 Å². The van der Waals surface area contributed by atoms with Gasteiger partial charge in [-0.2, -0.15) is 0 Å². The number of aromatic nitrogens is 3. The Hall–Kier alpha value is -4.05. The first kappa shape index (κ1) is 24.6. The van der Waals surface area contributed by atoms with E-state index in [0.717, 1.165) is 0 Å². The Bertz CT molecular complexity index is 1780. The lowest BCUT2D eigenvalue weighted by Gasteiger charge is -2.14. The van der Waals surface area contributed by atoms with Crippen molar-refractivity contribution in [3.05, 3.63) is 118 Å². The number of hydrogen-bond acceptors (Lipinski definition) is 5. The molecule has 0 aliphatic heterocycles. The zero-order valence-corrected chi connectivity index (χ0v) is 21.2. The maximum absolute atomic E-state index is 13.1. The monoisotopic (exact) mass is 549 g/mol. The maximum atomic E-state index is 13.1. The minimum Gasteiger partial charge on any atom is -0.305 e. The van der Waals surface area contributed by atoms with Crippen LogP contribution in [0.4, 0.5) is 5.82 Å². The highest BCUT2D eigenvalue weighted by Gasteiger charge is 2.19.